The first-order chi connectivity index (χ1) is 12.8. The number of benzene rings is 2. The number of hydrogen-bond acceptors (Lipinski definition) is 3. The van der Waals surface area contributed by atoms with Crippen molar-refractivity contribution in [1.82, 2.24) is 5.32 Å². The molecule has 2 aromatic rings. The minimum atomic E-state index is -3.45. The standard InChI is InChI=1S/C20H23FN2O3S/c1-3-8-23-19-7-6-15(9-17(19)11-22-20(23)24)12-27(25,26)13-16-5-4-14(2)18(21)10-16/h4-7,9-10H,3,8,11-13H2,1-2H3,(H,22,24). The zero-order chi connectivity index (χ0) is 19.6. The van der Waals surface area contributed by atoms with Gasteiger partial charge >= 0.3 is 6.03 Å². The molecule has 27 heavy (non-hydrogen) atoms. The fraction of sp³-hybridized carbons (Fsp3) is 0.350. The third kappa shape index (κ3) is 4.47. The molecule has 0 saturated carbocycles. The van der Waals surface area contributed by atoms with E-state index in [2.05, 4.69) is 5.32 Å². The number of sulfone groups is 1. The zero-order valence-corrected chi connectivity index (χ0v) is 16.3. The van der Waals surface area contributed by atoms with Crippen LogP contribution in [0.1, 0.15) is 35.6 Å². The lowest BCUT2D eigenvalue weighted by Crippen LogP contribution is -2.44. The maximum Gasteiger partial charge on any atom is 0.322 e. The van der Waals surface area contributed by atoms with Crippen LogP contribution in [0.15, 0.2) is 36.4 Å². The summed E-state index contributed by atoms with van der Waals surface area (Å²) in [5.74, 6) is -0.736. The second-order valence-corrected chi connectivity index (χ2v) is 8.95. The molecule has 2 amide bonds. The van der Waals surface area contributed by atoms with Gasteiger partial charge in [-0.25, -0.2) is 17.6 Å². The van der Waals surface area contributed by atoms with Gasteiger partial charge in [0.2, 0.25) is 0 Å². The summed E-state index contributed by atoms with van der Waals surface area (Å²) in [7, 11) is -3.45. The summed E-state index contributed by atoms with van der Waals surface area (Å²) in [5.41, 5.74) is 3.32. The van der Waals surface area contributed by atoms with Crippen LogP contribution in [0, 0.1) is 12.7 Å². The summed E-state index contributed by atoms with van der Waals surface area (Å²) in [4.78, 5) is 13.7. The summed E-state index contributed by atoms with van der Waals surface area (Å²) >= 11 is 0. The van der Waals surface area contributed by atoms with E-state index in [1.54, 1.807) is 36.1 Å². The van der Waals surface area contributed by atoms with E-state index >= 15 is 0 Å². The first-order valence-electron chi connectivity index (χ1n) is 8.91. The molecular formula is C20H23FN2O3S. The molecule has 144 valence electrons. The van der Waals surface area contributed by atoms with Crippen molar-refractivity contribution in [3.8, 4) is 0 Å². The molecule has 0 aromatic heterocycles. The lowest BCUT2D eigenvalue weighted by atomic mass is 10.1. The van der Waals surface area contributed by atoms with Crippen LogP contribution < -0.4 is 10.2 Å². The van der Waals surface area contributed by atoms with Gasteiger partial charge < -0.3 is 5.32 Å². The van der Waals surface area contributed by atoms with E-state index in [0.717, 1.165) is 17.7 Å². The van der Waals surface area contributed by atoms with Crippen molar-refractivity contribution in [2.75, 3.05) is 11.4 Å². The maximum absolute atomic E-state index is 13.7. The van der Waals surface area contributed by atoms with Crippen LogP contribution in [0.3, 0.4) is 0 Å². The number of fused-ring (bicyclic) bond motifs is 1. The van der Waals surface area contributed by atoms with E-state index < -0.39 is 15.7 Å². The molecule has 0 saturated heterocycles. The number of hydrogen-bond donors (Lipinski definition) is 1. The van der Waals surface area contributed by atoms with Crippen molar-refractivity contribution in [3.05, 3.63) is 64.5 Å². The predicted molar refractivity (Wildman–Crippen MR) is 104 cm³/mol. The third-order valence-electron chi connectivity index (χ3n) is 4.57. The van der Waals surface area contributed by atoms with Gasteiger partial charge in [-0.1, -0.05) is 31.2 Å². The van der Waals surface area contributed by atoms with Crippen molar-refractivity contribution in [2.24, 2.45) is 0 Å². The molecule has 1 N–H and O–H groups in total. The molecule has 3 rings (SSSR count). The molecule has 0 radical (unpaired) electrons. The molecule has 0 atom stereocenters. The van der Waals surface area contributed by atoms with Crippen LogP contribution in [-0.4, -0.2) is 21.0 Å². The highest BCUT2D eigenvalue weighted by Crippen LogP contribution is 2.27. The molecule has 5 nitrogen and oxygen atoms in total. The Morgan fingerprint density at radius 3 is 2.44 bits per heavy atom. The highest BCUT2D eigenvalue weighted by molar-refractivity contribution is 7.89. The minimum absolute atomic E-state index is 0.127. The number of aryl methyl sites for hydroxylation is 1. The SMILES string of the molecule is CCCN1C(=O)NCc2cc(CS(=O)(=O)Cc3ccc(C)c(F)c3)ccc21. The van der Waals surface area contributed by atoms with Crippen LogP contribution in [0.2, 0.25) is 0 Å². The topological polar surface area (TPSA) is 66.5 Å². The van der Waals surface area contributed by atoms with Gasteiger partial charge in [-0.2, -0.15) is 0 Å². The lowest BCUT2D eigenvalue weighted by Gasteiger charge is -2.30. The molecule has 1 aliphatic rings. The monoisotopic (exact) mass is 390 g/mol. The number of nitrogens with one attached hydrogen (secondary N) is 1. The maximum atomic E-state index is 13.7. The number of rotatable bonds is 6. The van der Waals surface area contributed by atoms with E-state index in [1.807, 2.05) is 13.0 Å². The number of carbonyl (C=O) groups is 1. The predicted octanol–water partition coefficient (Wildman–Crippen LogP) is 3.69. The van der Waals surface area contributed by atoms with E-state index in [4.69, 9.17) is 0 Å². The summed E-state index contributed by atoms with van der Waals surface area (Å²) in [6, 6.07) is 9.74. The van der Waals surface area contributed by atoms with Crippen LogP contribution >= 0.6 is 0 Å². The molecular weight excluding hydrogens is 367 g/mol. The molecule has 1 aliphatic heterocycles. The lowest BCUT2D eigenvalue weighted by molar-refractivity contribution is 0.244. The molecule has 0 spiro atoms. The Morgan fingerprint density at radius 2 is 1.78 bits per heavy atom. The summed E-state index contributed by atoms with van der Waals surface area (Å²) in [6.07, 6.45) is 0.829. The van der Waals surface area contributed by atoms with Crippen molar-refractivity contribution in [1.29, 1.82) is 0 Å². The quantitative estimate of drug-likeness (QED) is 0.818. The third-order valence-corrected chi connectivity index (χ3v) is 6.11. The van der Waals surface area contributed by atoms with Gasteiger partial charge in [0.1, 0.15) is 5.82 Å². The Morgan fingerprint density at radius 1 is 1.11 bits per heavy atom. The van der Waals surface area contributed by atoms with Crippen molar-refractivity contribution < 1.29 is 17.6 Å². The normalized spacial score (nSPS) is 14.0. The van der Waals surface area contributed by atoms with Gasteiger partial charge in [-0.05, 0) is 47.7 Å². The van der Waals surface area contributed by atoms with Crippen LogP contribution in [0.5, 0.6) is 0 Å². The molecule has 0 bridgehead atoms. The molecule has 7 heteroatoms. The Labute approximate surface area is 159 Å². The molecule has 0 fully saturated rings. The summed E-state index contributed by atoms with van der Waals surface area (Å²) in [6.45, 7) is 4.62. The molecule has 0 aliphatic carbocycles. The highest BCUT2D eigenvalue weighted by atomic mass is 32.2. The van der Waals surface area contributed by atoms with Gasteiger partial charge in [0.15, 0.2) is 9.84 Å². The highest BCUT2D eigenvalue weighted by Gasteiger charge is 2.24. The number of amides is 2. The molecule has 2 aromatic carbocycles. The van der Waals surface area contributed by atoms with Crippen molar-refractivity contribution in [2.45, 2.75) is 38.3 Å². The average Bonchev–Trinajstić information content (AvgIpc) is 2.60. The fourth-order valence-electron chi connectivity index (χ4n) is 3.24. The Hall–Kier alpha value is -2.41. The van der Waals surface area contributed by atoms with Crippen LogP contribution in [0.25, 0.3) is 0 Å². The minimum Gasteiger partial charge on any atom is -0.334 e. The largest absolute Gasteiger partial charge is 0.334 e. The first-order valence-corrected chi connectivity index (χ1v) is 10.7. The van der Waals surface area contributed by atoms with Crippen molar-refractivity contribution in [3.63, 3.8) is 0 Å². The van der Waals surface area contributed by atoms with E-state index in [9.17, 15) is 17.6 Å². The summed E-state index contributed by atoms with van der Waals surface area (Å²) in [5, 5.41) is 2.81. The summed E-state index contributed by atoms with van der Waals surface area (Å²) < 4.78 is 38.8. The first kappa shape index (κ1) is 19.4. The van der Waals surface area contributed by atoms with E-state index in [-0.39, 0.29) is 17.5 Å². The van der Waals surface area contributed by atoms with Crippen LogP contribution in [0.4, 0.5) is 14.9 Å². The van der Waals surface area contributed by atoms with Crippen molar-refractivity contribution >= 4 is 21.6 Å². The van der Waals surface area contributed by atoms with Gasteiger partial charge in [0, 0.05) is 13.1 Å². The number of halogens is 1. The van der Waals surface area contributed by atoms with Gasteiger partial charge in [0.05, 0.1) is 17.2 Å². The van der Waals surface area contributed by atoms with Gasteiger partial charge in [-0.15, -0.1) is 0 Å². The Balaban J connectivity index is 1.79. The number of anilines is 1. The van der Waals surface area contributed by atoms with Gasteiger partial charge in [0.25, 0.3) is 0 Å². The number of carbonyl (C=O) groups excluding carboxylic acids is 1. The molecule has 0 unspecified atom stereocenters. The second kappa shape index (κ2) is 7.68. The van der Waals surface area contributed by atoms with E-state index in [0.29, 0.717) is 29.8 Å². The Kier molecular flexibility index (Phi) is 5.51. The molecule has 1 heterocycles. The smallest absolute Gasteiger partial charge is 0.322 e. The zero-order valence-electron chi connectivity index (χ0n) is 15.5. The Bertz CT molecular complexity index is 973. The van der Waals surface area contributed by atoms with Gasteiger partial charge in [-0.3, -0.25) is 4.90 Å². The second-order valence-electron chi connectivity index (χ2n) is 6.89. The van der Waals surface area contributed by atoms with Crippen LogP contribution in [-0.2, 0) is 27.9 Å². The average molecular weight is 390 g/mol. The fourth-order valence-corrected chi connectivity index (χ4v) is 4.72. The number of urea groups is 1. The van der Waals surface area contributed by atoms with E-state index in [1.165, 1.54) is 6.07 Å². The number of nitrogens with zero attached hydrogens (tertiary/aromatic N) is 1.